The Kier molecular flexibility index (Phi) is 3.11. The molecule has 108 valence electrons. The molecule has 2 rings (SSSR count). The maximum atomic E-state index is 12.4. The lowest BCUT2D eigenvalue weighted by molar-refractivity contribution is -0.146. The molecule has 0 aliphatic heterocycles. The highest BCUT2D eigenvalue weighted by Crippen LogP contribution is 2.35. The summed E-state index contributed by atoms with van der Waals surface area (Å²) in [7, 11) is 0. The fraction of sp³-hybridized carbons (Fsp3) is 0.200. The van der Waals surface area contributed by atoms with Crippen molar-refractivity contribution in [3.63, 3.8) is 0 Å². The third kappa shape index (κ3) is 2.68. The number of hydrogen-bond donors (Lipinski definition) is 1. The van der Waals surface area contributed by atoms with Crippen molar-refractivity contribution < 1.29 is 30.9 Å². The number of anilines is 1. The first-order valence-corrected chi connectivity index (χ1v) is 4.97. The van der Waals surface area contributed by atoms with Crippen LogP contribution in [0.1, 0.15) is 11.4 Å². The van der Waals surface area contributed by atoms with Crippen LogP contribution in [0.5, 0.6) is 0 Å². The number of alkyl halides is 6. The van der Waals surface area contributed by atoms with Gasteiger partial charge in [0.15, 0.2) is 0 Å². The van der Waals surface area contributed by atoms with Gasteiger partial charge in [0.25, 0.3) is 11.7 Å². The smallest absolute Gasteiger partial charge is 0.398 e. The minimum atomic E-state index is -4.82. The molecule has 0 unspecified atom stereocenters. The number of nitrogen functional groups attached to an aromatic ring is 1. The van der Waals surface area contributed by atoms with Gasteiger partial charge in [-0.15, -0.1) is 0 Å². The summed E-state index contributed by atoms with van der Waals surface area (Å²) in [4.78, 5) is 3.04. The molecule has 1 heterocycles. The Morgan fingerprint density at radius 2 is 1.65 bits per heavy atom. The molecule has 1 aromatic carbocycles. The molecule has 0 spiro atoms. The molecule has 0 radical (unpaired) electrons. The highest BCUT2D eigenvalue weighted by Gasteiger charge is 2.37. The molecule has 1 aromatic heterocycles. The Bertz CT molecular complexity index is 631. The van der Waals surface area contributed by atoms with Gasteiger partial charge in [-0.2, -0.15) is 31.3 Å². The third-order valence-corrected chi connectivity index (χ3v) is 2.29. The molecule has 0 amide bonds. The van der Waals surface area contributed by atoms with Gasteiger partial charge in [0.1, 0.15) is 0 Å². The van der Waals surface area contributed by atoms with Crippen LogP contribution in [0.3, 0.4) is 0 Å². The zero-order valence-electron chi connectivity index (χ0n) is 9.38. The summed E-state index contributed by atoms with van der Waals surface area (Å²) in [5.74, 6) is -2.14. The van der Waals surface area contributed by atoms with Crippen molar-refractivity contribution in [3.05, 3.63) is 29.6 Å². The third-order valence-electron chi connectivity index (χ3n) is 2.29. The maximum Gasteiger partial charge on any atom is 0.455 e. The highest BCUT2D eigenvalue weighted by atomic mass is 19.4. The molecule has 2 N–H and O–H groups in total. The van der Waals surface area contributed by atoms with Crippen molar-refractivity contribution in [1.29, 1.82) is 0 Å². The Morgan fingerprint density at radius 1 is 1.00 bits per heavy atom. The standard InChI is InChI=1S/C10H5F6N3O/c11-9(12,13)4-1-2-5(6(17)3-4)7-18-8(19-20-7)10(14,15)16/h1-3H,17H2. The molecule has 4 nitrogen and oxygen atoms in total. The summed E-state index contributed by atoms with van der Waals surface area (Å²) in [5.41, 5.74) is 3.70. The molecule has 0 saturated heterocycles. The Hall–Kier alpha value is -2.26. The van der Waals surface area contributed by atoms with Crippen molar-refractivity contribution in [1.82, 2.24) is 10.1 Å². The van der Waals surface area contributed by atoms with E-state index in [9.17, 15) is 26.3 Å². The van der Waals surface area contributed by atoms with Crippen molar-refractivity contribution in [2.75, 3.05) is 5.73 Å². The van der Waals surface area contributed by atoms with Crippen LogP contribution in [0.15, 0.2) is 22.7 Å². The average Bonchev–Trinajstić information content (AvgIpc) is 2.76. The van der Waals surface area contributed by atoms with E-state index >= 15 is 0 Å². The number of nitrogens with two attached hydrogens (primary N) is 1. The molecule has 0 fully saturated rings. The van der Waals surface area contributed by atoms with Crippen molar-refractivity contribution in [3.8, 4) is 11.5 Å². The monoisotopic (exact) mass is 297 g/mol. The largest absolute Gasteiger partial charge is 0.455 e. The quantitative estimate of drug-likeness (QED) is 0.647. The van der Waals surface area contributed by atoms with Gasteiger partial charge in [-0.25, -0.2) is 0 Å². The second-order valence-electron chi connectivity index (χ2n) is 3.72. The van der Waals surface area contributed by atoms with Crippen molar-refractivity contribution in [2.24, 2.45) is 0 Å². The SMILES string of the molecule is Nc1cc(C(F)(F)F)ccc1-c1nc(C(F)(F)F)no1. The van der Waals surface area contributed by atoms with Crippen LogP contribution < -0.4 is 5.73 Å². The van der Waals surface area contributed by atoms with E-state index in [1.165, 1.54) is 0 Å². The molecule has 0 bridgehead atoms. The van der Waals surface area contributed by atoms with E-state index in [0.29, 0.717) is 12.1 Å². The van der Waals surface area contributed by atoms with Crippen LogP contribution in [0.2, 0.25) is 0 Å². The van der Waals surface area contributed by atoms with Gasteiger partial charge in [0.05, 0.1) is 11.1 Å². The second-order valence-corrected chi connectivity index (χ2v) is 3.72. The minimum absolute atomic E-state index is 0.207. The van der Waals surface area contributed by atoms with Crippen LogP contribution >= 0.6 is 0 Å². The van der Waals surface area contributed by atoms with Gasteiger partial charge < -0.3 is 10.3 Å². The number of halogens is 6. The Balaban J connectivity index is 2.42. The number of benzene rings is 1. The van der Waals surface area contributed by atoms with Gasteiger partial charge in [-0.1, -0.05) is 5.16 Å². The van der Waals surface area contributed by atoms with E-state index in [1.807, 2.05) is 0 Å². The van der Waals surface area contributed by atoms with Crippen molar-refractivity contribution in [2.45, 2.75) is 12.4 Å². The Morgan fingerprint density at radius 3 is 2.10 bits per heavy atom. The van der Waals surface area contributed by atoms with E-state index in [4.69, 9.17) is 5.73 Å². The molecule has 20 heavy (non-hydrogen) atoms. The summed E-state index contributed by atoms with van der Waals surface area (Å²) in [6.07, 6.45) is -9.43. The van der Waals surface area contributed by atoms with Gasteiger partial charge in [0, 0.05) is 5.69 Å². The first-order chi connectivity index (χ1) is 9.09. The molecule has 0 saturated carbocycles. The predicted molar refractivity (Wildman–Crippen MR) is 54.2 cm³/mol. The lowest BCUT2D eigenvalue weighted by atomic mass is 10.1. The van der Waals surface area contributed by atoms with Crippen LogP contribution in [0.4, 0.5) is 32.0 Å². The lowest BCUT2D eigenvalue weighted by Gasteiger charge is -2.08. The zero-order valence-corrected chi connectivity index (χ0v) is 9.38. The fourth-order valence-corrected chi connectivity index (χ4v) is 1.38. The van der Waals surface area contributed by atoms with E-state index in [0.717, 1.165) is 6.07 Å². The van der Waals surface area contributed by atoms with Gasteiger partial charge in [-0.05, 0) is 18.2 Å². The maximum absolute atomic E-state index is 12.4. The number of nitrogens with zero attached hydrogens (tertiary/aromatic N) is 2. The molecule has 0 atom stereocenters. The molecular weight excluding hydrogens is 292 g/mol. The topological polar surface area (TPSA) is 64.9 Å². The van der Waals surface area contributed by atoms with Crippen LogP contribution in [-0.4, -0.2) is 10.1 Å². The van der Waals surface area contributed by atoms with E-state index in [1.54, 1.807) is 0 Å². The first kappa shape index (κ1) is 14.2. The number of hydrogen-bond acceptors (Lipinski definition) is 4. The number of aromatic nitrogens is 2. The molecular formula is C10H5F6N3O. The second kappa shape index (κ2) is 4.39. The summed E-state index contributed by atoms with van der Waals surface area (Å²) in [5, 5.41) is 2.69. The molecule has 10 heteroatoms. The summed E-state index contributed by atoms with van der Waals surface area (Å²) < 4.78 is 78.4. The van der Waals surface area contributed by atoms with E-state index in [-0.39, 0.29) is 5.56 Å². The van der Waals surface area contributed by atoms with Crippen LogP contribution in [0, 0.1) is 0 Å². The van der Waals surface area contributed by atoms with E-state index in [2.05, 4.69) is 14.7 Å². The summed E-state index contributed by atoms with van der Waals surface area (Å²) in [6, 6.07) is 2.10. The zero-order chi connectivity index (χ0) is 15.1. The number of rotatable bonds is 1. The lowest BCUT2D eigenvalue weighted by Crippen LogP contribution is -2.07. The normalized spacial score (nSPS) is 12.7. The van der Waals surface area contributed by atoms with Crippen LogP contribution in [0.25, 0.3) is 11.5 Å². The average molecular weight is 297 g/mol. The molecule has 0 aliphatic rings. The van der Waals surface area contributed by atoms with Crippen LogP contribution in [-0.2, 0) is 12.4 Å². The fourth-order valence-electron chi connectivity index (χ4n) is 1.38. The molecule has 0 aliphatic carbocycles. The highest BCUT2D eigenvalue weighted by molar-refractivity contribution is 5.71. The van der Waals surface area contributed by atoms with E-state index < -0.39 is 35.3 Å². The van der Waals surface area contributed by atoms with Gasteiger partial charge in [0.2, 0.25) is 0 Å². The minimum Gasteiger partial charge on any atom is -0.398 e. The van der Waals surface area contributed by atoms with Gasteiger partial charge >= 0.3 is 12.4 Å². The molecule has 2 aromatic rings. The van der Waals surface area contributed by atoms with Gasteiger partial charge in [-0.3, -0.25) is 0 Å². The Labute approximate surface area is 107 Å². The predicted octanol–water partition coefficient (Wildman–Crippen LogP) is 3.36. The first-order valence-electron chi connectivity index (χ1n) is 4.97. The summed E-state index contributed by atoms with van der Waals surface area (Å²) >= 11 is 0. The summed E-state index contributed by atoms with van der Waals surface area (Å²) in [6.45, 7) is 0. The van der Waals surface area contributed by atoms with Crippen molar-refractivity contribution >= 4 is 5.69 Å².